The number of rotatable bonds is 4. The lowest BCUT2D eigenvalue weighted by Gasteiger charge is -2.25. The van der Waals surface area contributed by atoms with E-state index in [-0.39, 0.29) is 17.6 Å². The summed E-state index contributed by atoms with van der Waals surface area (Å²) in [5.41, 5.74) is 0.144. The van der Waals surface area contributed by atoms with Crippen molar-refractivity contribution < 1.29 is 9.53 Å². The first-order chi connectivity index (χ1) is 12.2. The van der Waals surface area contributed by atoms with Gasteiger partial charge in [-0.2, -0.15) is 0 Å². The van der Waals surface area contributed by atoms with Crippen molar-refractivity contribution in [3.63, 3.8) is 0 Å². The Kier molecular flexibility index (Phi) is 5.02. The predicted octanol–water partition coefficient (Wildman–Crippen LogP) is 4.97. The van der Waals surface area contributed by atoms with Gasteiger partial charge in [-0.05, 0) is 57.6 Å². The second-order valence-electron chi connectivity index (χ2n) is 7.79. The fraction of sp³-hybridized carbons (Fsp3) is 0.500. The summed E-state index contributed by atoms with van der Waals surface area (Å²) in [4.78, 5) is 25.4. The number of hydrogen-bond donors (Lipinski definition) is 1. The Bertz CT molecular complexity index is 894. The monoisotopic (exact) mass is 376 g/mol. The van der Waals surface area contributed by atoms with Crippen molar-refractivity contribution >= 4 is 28.5 Å². The molecule has 1 aliphatic carbocycles. The molecule has 140 valence electrons. The summed E-state index contributed by atoms with van der Waals surface area (Å²) in [5, 5.41) is 4.70. The maximum absolute atomic E-state index is 13.1. The first-order valence-electron chi connectivity index (χ1n) is 9.04. The average molecular weight is 377 g/mol. The molecule has 1 fully saturated rings. The van der Waals surface area contributed by atoms with Gasteiger partial charge in [-0.15, -0.1) is 0 Å². The van der Waals surface area contributed by atoms with Crippen molar-refractivity contribution in [2.45, 2.75) is 64.6 Å². The van der Waals surface area contributed by atoms with Gasteiger partial charge in [0.25, 0.3) is 5.56 Å². The second-order valence-corrected chi connectivity index (χ2v) is 8.19. The summed E-state index contributed by atoms with van der Waals surface area (Å²) in [6, 6.07) is 7.28. The number of carbonyl (C=O) groups is 1. The van der Waals surface area contributed by atoms with Crippen molar-refractivity contribution in [1.29, 1.82) is 0 Å². The van der Waals surface area contributed by atoms with E-state index in [0.29, 0.717) is 16.8 Å². The van der Waals surface area contributed by atoms with Crippen LogP contribution < -0.4 is 10.9 Å². The van der Waals surface area contributed by atoms with Gasteiger partial charge in [0.1, 0.15) is 5.60 Å². The zero-order chi connectivity index (χ0) is 19.1. The van der Waals surface area contributed by atoms with Crippen molar-refractivity contribution in [3.8, 4) is 0 Å². The zero-order valence-corrected chi connectivity index (χ0v) is 16.4. The number of hydrogen-bond acceptors (Lipinski definition) is 3. The topological polar surface area (TPSA) is 60.3 Å². The van der Waals surface area contributed by atoms with Crippen LogP contribution in [0.2, 0.25) is 5.02 Å². The highest BCUT2D eigenvalue weighted by molar-refractivity contribution is 6.35. The Balaban J connectivity index is 2.06. The van der Waals surface area contributed by atoms with Crippen LogP contribution in [-0.4, -0.2) is 16.3 Å². The Labute approximate surface area is 158 Å². The normalized spacial score (nSPS) is 15.7. The molecule has 1 saturated carbocycles. The minimum Gasteiger partial charge on any atom is -0.444 e. The highest BCUT2D eigenvalue weighted by Gasteiger charge is 2.31. The van der Waals surface area contributed by atoms with E-state index in [4.69, 9.17) is 16.3 Å². The van der Waals surface area contributed by atoms with Gasteiger partial charge in [-0.1, -0.05) is 30.7 Å². The fourth-order valence-electron chi connectivity index (χ4n) is 3.17. The van der Waals surface area contributed by atoms with E-state index in [0.717, 1.165) is 23.9 Å². The summed E-state index contributed by atoms with van der Waals surface area (Å²) in [5.74, 6) is 0. The molecule has 1 aliphatic rings. The molecular weight excluding hydrogens is 352 g/mol. The van der Waals surface area contributed by atoms with Crippen LogP contribution in [0.1, 0.15) is 64.7 Å². The summed E-state index contributed by atoms with van der Waals surface area (Å²) < 4.78 is 7.19. The van der Waals surface area contributed by atoms with Crippen LogP contribution >= 0.6 is 11.6 Å². The van der Waals surface area contributed by atoms with Gasteiger partial charge in [-0.3, -0.25) is 4.79 Å². The molecule has 0 spiro atoms. The van der Waals surface area contributed by atoms with Crippen LogP contribution in [-0.2, 0) is 4.74 Å². The molecule has 0 saturated heterocycles. The number of alkyl carbamates (subject to hydrolysis) is 1. The number of benzene rings is 1. The zero-order valence-electron chi connectivity index (χ0n) is 15.6. The fourth-order valence-corrected chi connectivity index (χ4v) is 3.43. The first kappa shape index (κ1) is 18.8. The number of fused-ring (bicyclic) bond motifs is 1. The minimum absolute atomic E-state index is 0.0879. The van der Waals surface area contributed by atoms with E-state index in [9.17, 15) is 9.59 Å². The Morgan fingerprint density at radius 1 is 1.38 bits per heavy atom. The molecule has 5 nitrogen and oxygen atoms in total. The maximum atomic E-state index is 13.1. The predicted molar refractivity (Wildman–Crippen MR) is 104 cm³/mol. The molecule has 1 N–H and O–H groups in total. The SMILES string of the molecule is CCC(NC(=O)OC(C)(C)C)c1cc2cccc(Cl)c2c(=O)n1C1CC1. The van der Waals surface area contributed by atoms with E-state index in [1.165, 1.54) is 0 Å². The van der Waals surface area contributed by atoms with Gasteiger partial charge in [0.15, 0.2) is 0 Å². The van der Waals surface area contributed by atoms with Crippen molar-refractivity contribution in [3.05, 3.63) is 45.3 Å². The van der Waals surface area contributed by atoms with E-state index < -0.39 is 11.7 Å². The van der Waals surface area contributed by atoms with Crippen LogP contribution in [0.5, 0.6) is 0 Å². The Morgan fingerprint density at radius 2 is 2.08 bits per heavy atom. The molecule has 0 aliphatic heterocycles. The van der Waals surface area contributed by atoms with Gasteiger partial charge in [0.05, 0.1) is 16.5 Å². The molecule has 26 heavy (non-hydrogen) atoms. The maximum Gasteiger partial charge on any atom is 0.408 e. The van der Waals surface area contributed by atoms with Crippen LogP contribution in [0.3, 0.4) is 0 Å². The van der Waals surface area contributed by atoms with Gasteiger partial charge >= 0.3 is 6.09 Å². The van der Waals surface area contributed by atoms with Gasteiger partial charge in [0, 0.05) is 11.7 Å². The number of amides is 1. The largest absolute Gasteiger partial charge is 0.444 e. The molecule has 0 bridgehead atoms. The van der Waals surface area contributed by atoms with Gasteiger partial charge < -0.3 is 14.6 Å². The Morgan fingerprint density at radius 3 is 2.65 bits per heavy atom. The third-order valence-electron chi connectivity index (χ3n) is 4.43. The lowest BCUT2D eigenvalue weighted by atomic mass is 10.1. The third kappa shape index (κ3) is 3.88. The molecule has 6 heteroatoms. The lowest BCUT2D eigenvalue weighted by molar-refractivity contribution is 0.0500. The molecule has 1 amide bonds. The van der Waals surface area contributed by atoms with Gasteiger partial charge in [0.2, 0.25) is 0 Å². The summed E-state index contributed by atoms with van der Waals surface area (Å²) in [7, 11) is 0. The summed E-state index contributed by atoms with van der Waals surface area (Å²) in [6.45, 7) is 7.45. The van der Waals surface area contributed by atoms with E-state index in [1.807, 2.05) is 45.9 Å². The number of carbonyl (C=O) groups excluding carboxylic acids is 1. The third-order valence-corrected chi connectivity index (χ3v) is 4.74. The van der Waals surface area contributed by atoms with E-state index in [1.54, 1.807) is 10.6 Å². The van der Waals surface area contributed by atoms with E-state index >= 15 is 0 Å². The number of aromatic nitrogens is 1. The smallest absolute Gasteiger partial charge is 0.408 e. The second kappa shape index (κ2) is 6.95. The summed E-state index contributed by atoms with van der Waals surface area (Å²) >= 11 is 6.28. The lowest BCUT2D eigenvalue weighted by Crippen LogP contribution is -2.37. The Hall–Kier alpha value is -2.01. The van der Waals surface area contributed by atoms with E-state index in [2.05, 4.69) is 5.32 Å². The standard InChI is InChI=1S/C20H25ClN2O3/c1-5-15(22-19(25)26-20(2,3)4)16-11-12-7-6-8-14(21)17(12)18(24)23(16)13-9-10-13/h6-8,11,13,15H,5,9-10H2,1-4H3,(H,22,25). The van der Waals surface area contributed by atoms with Crippen LogP contribution in [0.4, 0.5) is 4.79 Å². The molecule has 1 unspecified atom stereocenters. The van der Waals surface area contributed by atoms with Crippen molar-refractivity contribution in [2.75, 3.05) is 0 Å². The van der Waals surface area contributed by atoms with Crippen LogP contribution in [0, 0.1) is 0 Å². The highest BCUT2D eigenvalue weighted by atomic mass is 35.5. The molecule has 0 radical (unpaired) electrons. The summed E-state index contributed by atoms with van der Waals surface area (Å²) in [6.07, 6.45) is 2.10. The van der Waals surface area contributed by atoms with Crippen LogP contribution in [0.15, 0.2) is 29.1 Å². The molecule has 1 atom stereocenters. The van der Waals surface area contributed by atoms with Crippen LogP contribution in [0.25, 0.3) is 10.8 Å². The molecule has 3 rings (SSSR count). The quantitative estimate of drug-likeness (QED) is 0.819. The highest BCUT2D eigenvalue weighted by Crippen LogP contribution is 2.37. The minimum atomic E-state index is -0.574. The molecule has 2 aromatic rings. The average Bonchev–Trinajstić information content (AvgIpc) is 3.35. The number of nitrogens with zero attached hydrogens (tertiary/aromatic N) is 1. The van der Waals surface area contributed by atoms with Crippen molar-refractivity contribution in [1.82, 2.24) is 9.88 Å². The van der Waals surface area contributed by atoms with Gasteiger partial charge in [-0.25, -0.2) is 4.79 Å². The number of nitrogens with one attached hydrogen (secondary N) is 1. The number of pyridine rings is 1. The number of ether oxygens (including phenoxy) is 1. The number of halogens is 1. The molecular formula is C20H25ClN2O3. The molecule has 1 aromatic heterocycles. The van der Waals surface area contributed by atoms with Crippen molar-refractivity contribution in [2.24, 2.45) is 0 Å². The molecule has 1 heterocycles. The molecule has 1 aromatic carbocycles. The first-order valence-corrected chi connectivity index (χ1v) is 9.42.